The zero-order valence-electron chi connectivity index (χ0n) is 15.7. The van der Waals surface area contributed by atoms with Crippen LogP contribution < -0.4 is 11.1 Å². The fourth-order valence-corrected chi connectivity index (χ4v) is 3.88. The Hall–Kier alpha value is -2.12. The number of hydrogen-bond acceptors (Lipinski definition) is 4. The van der Waals surface area contributed by atoms with E-state index < -0.39 is 11.7 Å². The molecule has 1 fully saturated rings. The quantitative estimate of drug-likeness (QED) is 0.809. The SMILES string of the molecule is CC1CC(N(C)C)CCC1n1cc(C(N)=O)c(Nc2ccc(Cl)c(F)c2)n1. The molecule has 1 amide bonds. The van der Waals surface area contributed by atoms with Crippen molar-refractivity contribution in [3.05, 3.63) is 40.8 Å². The first-order valence-electron chi connectivity index (χ1n) is 9.03. The minimum Gasteiger partial charge on any atom is -0.365 e. The number of carbonyl (C=O) groups is 1. The van der Waals surface area contributed by atoms with E-state index in [1.54, 1.807) is 12.3 Å². The molecule has 3 atom stereocenters. The average Bonchev–Trinajstić information content (AvgIpc) is 3.01. The number of anilines is 2. The summed E-state index contributed by atoms with van der Waals surface area (Å²) < 4.78 is 15.5. The van der Waals surface area contributed by atoms with Crippen LogP contribution in [-0.4, -0.2) is 40.7 Å². The molecule has 8 heteroatoms. The molecular weight excluding hydrogens is 369 g/mol. The maximum atomic E-state index is 13.7. The van der Waals surface area contributed by atoms with E-state index in [-0.39, 0.29) is 16.6 Å². The van der Waals surface area contributed by atoms with E-state index in [4.69, 9.17) is 17.3 Å². The van der Waals surface area contributed by atoms with Gasteiger partial charge in [0, 0.05) is 17.9 Å². The highest BCUT2D eigenvalue weighted by molar-refractivity contribution is 6.30. The number of nitrogens with zero attached hydrogens (tertiary/aromatic N) is 3. The first kappa shape index (κ1) is 19.6. The molecule has 3 N–H and O–H groups in total. The maximum Gasteiger partial charge on any atom is 0.254 e. The molecule has 6 nitrogen and oxygen atoms in total. The van der Waals surface area contributed by atoms with Crippen molar-refractivity contribution >= 4 is 29.0 Å². The van der Waals surface area contributed by atoms with Crippen LogP contribution in [0.4, 0.5) is 15.9 Å². The molecule has 0 aliphatic heterocycles. The van der Waals surface area contributed by atoms with E-state index in [0.717, 1.165) is 19.3 Å². The van der Waals surface area contributed by atoms with Gasteiger partial charge in [-0.25, -0.2) is 4.39 Å². The zero-order valence-corrected chi connectivity index (χ0v) is 16.5. The van der Waals surface area contributed by atoms with E-state index in [0.29, 0.717) is 23.5 Å². The van der Waals surface area contributed by atoms with Crippen LogP contribution in [-0.2, 0) is 0 Å². The van der Waals surface area contributed by atoms with Crippen molar-refractivity contribution in [3.63, 3.8) is 0 Å². The van der Waals surface area contributed by atoms with Crippen molar-refractivity contribution in [2.75, 3.05) is 19.4 Å². The fraction of sp³-hybridized carbons (Fsp3) is 0.474. The van der Waals surface area contributed by atoms with Gasteiger partial charge in [0.15, 0.2) is 5.82 Å². The first-order valence-corrected chi connectivity index (χ1v) is 9.41. The Kier molecular flexibility index (Phi) is 5.72. The second-order valence-electron chi connectivity index (χ2n) is 7.46. The van der Waals surface area contributed by atoms with Gasteiger partial charge in [-0.3, -0.25) is 9.48 Å². The van der Waals surface area contributed by atoms with E-state index in [1.165, 1.54) is 12.1 Å². The Labute approximate surface area is 163 Å². The largest absolute Gasteiger partial charge is 0.365 e. The predicted octanol–water partition coefficient (Wildman–Crippen LogP) is 3.81. The minimum absolute atomic E-state index is 0.0349. The number of nitrogens with two attached hydrogens (primary N) is 1. The summed E-state index contributed by atoms with van der Waals surface area (Å²) >= 11 is 5.72. The number of nitrogens with one attached hydrogen (secondary N) is 1. The van der Waals surface area contributed by atoms with Gasteiger partial charge in [-0.1, -0.05) is 18.5 Å². The molecular formula is C19H25ClFN5O. The number of hydrogen-bond donors (Lipinski definition) is 2. The normalized spacial score (nSPS) is 22.8. The van der Waals surface area contributed by atoms with Crippen LogP contribution in [0.5, 0.6) is 0 Å². The zero-order chi connectivity index (χ0) is 19.7. The van der Waals surface area contributed by atoms with Crippen molar-refractivity contribution in [2.24, 2.45) is 11.7 Å². The Bertz CT molecular complexity index is 838. The fourth-order valence-electron chi connectivity index (χ4n) is 3.76. The lowest BCUT2D eigenvalue weighted by atomic mass is 9.82. The third-order valence-electron chi connectivity index (χ3n) is 5.35. The van der Waals surface area contributed by atoms with Crippen LogP contribution in [0.15, 0.2) is 24.4 Å². The molecule has 1 heterocycles. The van der Waals surface area contributed by atoms with Gasteiger partial charge in [0.05, 0.1) is 11.1 Å². The summed E-state index contributed by atoms with van der Waals surface area (Å²) in [4.78, 5) is 14.1. The number of carbonyl (C=O) groups excluding carboxylic acids is 1. The third-order valence-corrected chi connectivity index (χ3v) is 5.65. The second kappa shape index (κ2) is 7.86. The van der Waals surface area contributed by atoms with Crippen LogP contribution in [0.3, 0.4) is 0 Å². The molecule has 1 aromatic carbocycles. The molecule has 0 radical (unpaired) electrons. The van der Waals surface area contributed by atoms with E-state index in [1.807, 2.05) is 4.68 Å². The summed E-state index contributed by atoms with van der Waals surface area (Å²) in [5.74, 6) is -0.385. The lowest BCUT2D eigenvalue weighted by molar-refractivity contribution is 0.100. The summed E-state index contributed by atoms with van der Waals surface area (Å²) in [6.07, 6.45) is 4.79. The average molecular weight is 394 g/mol. The molecule has 0 spiro atoms. The maximum absolute atomic E-state index is 13.7. The van der Waals surface area contributed by atoms with E-state index >= 15 is 0 Å². The molecule has 0 saturated heterocycles. The Morgan fingerprint density at radius 2 is 2.15 bits per heavy atom. The Balaban J connectivity index is 1.85. The number of rotatable bonds is 5. The molecule has 2 aromatic rings. The van der Waals surface area contributed by atoms with Gasteiger partial charge in [0.1, 0.15) is 11.4 Å². The van der Waals surface area contributed by atoms with Gasteiger partial charge in [0.25, 0.3) is 5.91 Å². The Morgan fingerprint density at radius 1 is 1.41 bits per heavy atom. The lowest BCUT2D eigenvalue weighted by Gasteiger charge is -2.37. The van der Waals surface area contributed by atoms with Crippen LogP contribution >= 0.6 is 11.6 Å². The number of halogens is 2. The molecule has 146 valence electrons. The molecule has 3 unspecified atom stereocenters. The smallest absolute Gasteiger partial charge is 0.254 e. The molecule has 1 saturated carbocycles. The van der Waals surface area contributed by atoms with Gasteiger partial charge in [-0.05, 0) is 57.5 Å². The summed E-state index contributed by atoms with van der Waals surface area (Å²) in [6.45, 7) is 2.20. The van der Waals surface area contributed by atoms with Crippen molar-refractivity contribution in [2.45, 2.75) is 38.3 Å². The van der Waals surface area contributed by atoms with Gasteiger partial charge in [-0.2, -0.15) is 5.10 Å². The van der Waals surface area contributed by atoms with Crippen LogP contribution in [0, 0.1) is 11.7 Å². The molecule has 1 aliphatic rings. The van der Waals surface area contributed by atoms with Crippen molar-refractivity contribution < 1.29 is 9.18 Å². The topological polar surface area (TPSA) is 76.2 Å². The monoisotopic (exact) mass is 393 g/mol. The van der Waals surface area contributed by atoms with Crippen LogP contribution in [0.1, 0.15) is 42.6 Å². The van der Waals surface area contributed by atoms with Crippen molar-refractivity contribution in [3.8, 4) is 0 Å². The lowest BCUT2D eigenvalue weighted by Crippen LogP contribution is -2.37. The standard InChI is InChI=1S/C19H25ClFN5O/c1-11-8-13(25(2)3)5-7-17(11)26-10-14(18(22)27)19(24-26)23-12-4-6-15(20)16(21)9-12/h4,6,9-11,13,17H,5,7-8H2,1-3H3,(H2,22,27)(H,23,24). The van der Waals surface area contributed by atoms with Gasteiger partial charge >= 0.3 is 0 Å². The molecule has 27 heavy (non-hydrogen) atoms. The predicted molar refractivity (Wildman–Crippen MR) is 105 cm³/mol. The van der Waals surface area contributed by atoms with Crippen LogP contribution in [0.25, 0.3) is 0 Å². The summed E-state index contributed by atoms with van der Waals surface area (Å²) in [5.41, 5.74) is 6.26. The van der Waals surface area contributed by atoms with Crippen LogP contribution in [0.2, 0.25) is 5.02 Å². The highest BCUT2D eigenvalue weighted by Crippen LogP contribution is 2.36. The highest BCUT2D eigenvalue weighted by Gasteiger charge is 2.31. The number of primary amides is 1. The molecule has 3 rings (SSSR count). The molecule has 1 aromatic heterocycles. The van der Waals surface area contributed by atoms with Gasteiger partial charge in [0.2, 0.25) is 0 Å². The molecule has 0 bridgehead atoms. The van der Waals surface area contributed by atoms with Gasteiger partial charge < -0.3 is 16.0 Å². The third kappa shape index (κ3) is 4.25. The number of amides is 1. The van der Waals surface area contributed by atoms with Crippen molar-refractivity contribution in [1.29, 1.82) is 0 Å². The van der Waals surface area contributed by atoms with E-state index in [9.17, 15) is 9.18 Å². The second-order valence-corrected chi connectivity index (χ2v) is 7.87. The van der Waals surface area contributed by atoms with E-state index in [2.05, 4.69) is 36.3 Å². The highest BCUT2D eigenvalue weighted by atomic mass is 35.5. The van der Waals surface area contributed by atoms with Crippen molar-refractivity contribution in [1.82, 2.24) is 14.7 Å². The summed E-state index contributed by atoms with van der Waals surface area (Å²) in [7, 11) is 4.20. The first-order chi connectivity index (χ1) is 12.8. The summed E-state index contributed by atoms with van der Waals surface area (Å²) in [6, 6.07) is 5.08. The minimum atomic E-state index is -0.576. The number of benzene rings is 1. The van der Waals surface area contributed by atoms with Gasteiger partial charge in [-0.15, -0.1) is 0 Å². The summed E-state index contributed by atoms with van der Waals surface area (Å²) in [5, 5.41) is 7.58. The number of aromatic nitrogens is 2. The Morgan fingerprint density at radius 3 is 2.74 bits per heavy atom. The molecule has 1 aliphatic carbocycles.